The van der Waals surface area contributed by atoms with E-state index in [4.69, 9.17) is 9.47 Å². The summed E-state index contributed by atoms with van der Waals surface area (Å²) in [4.78, 5) is 0. The Morgan fingerprint density at radius 1 is 0.737 bits per heavy atom. The molecule has 4 heteroatoms. The molecule has 0 aliphatic carbocycles. The molecule has 2 rings (SSSR count). The summed E-state index contributed by atoms with van der Waals surface area (Å²) in [6.07, 6.45) is 0. The van der Waals surface area contributed by atoms with Gasteiger partial charge in [-0.15, -0.1) is 0 Å². The lowest BCUT2D eigenvalue weighted by molar-refractivity contribution is 0.415. The topological polar surface area (TPSA) is 30.5 Å². The van der Waals surface area contributed by atoms with Crippen LogP contribution in [0.4, 0.5) is 0 Å². The first-order valence-corrected chi connectivity index (χ1v) is 6.43. The van der Waals surface area contributed by atoms with Gasteiger partial charge in [-0.25, -0.2) is 0 Å². The molecule has 0 spiro atoms. The molecule has 0 aromatic heterocycles. The SMILES string of the molecule is CN[BH-](c1ccc(OC)cc1)c1ccc(OC)cc1. The molecule has 0 radical (unpaired) electrons. The number of benzene rings is 2. The molecule has 0 atom stereocenters. The fourth-order valence-corrected chi connectivity index (χ4v) is 2.37. The first-order valence-electron chi connectivity index (χ1n) is 6.43. The minimum Gasteiger partial charge on any atom is -0.497 e. The van der Waals surface area contributed by atoms with Crippen LogP contribution < -0.4 is 25.6 Å². The smallest absolute Gasteiger partial charge is 0.118 e. The van der Waals surface area contributed by atoms with Crippen molar-refractivity contribution in [1.29, 1.82) is 0 Å². The standard InChI is InChI=1S/C15H19BNO2/c1-17-16(12-4-8-14(18-2)9-5-12)13-6-10-15(19-3)11-7-13/h4-11,16-17H,1-3H3/q-1. The predicted octanol–water partition coefficient (Wildman–Crippen LogP) is 0.761. The van der Waals surface area contributed by atoms with Crippen LogP contribution in [0.25, 0.3) is 0 Å². The Kier molecular flexibility index (Phi) is 4.47. The highest BCUT2D eigenvalue weighted by molar-refractivity contribution is 6.83. The molecule has 1 N–H and O–H groups in total. The highest BCUT2D eigenvalue weighted by Crippen LogP contribution is 2.08. The summed E-state index contributed by atoms with van der Waals surface area (Å²) in [5.41, 5.74) is 2.57. The van der Waals surface area contributed by atoms with Crippen molar-refractivity contribution < 1.29 is 9.47 Å². The minimum absolute atomic E-state index is 0.747. The van der Waals surface area contributed by atoms with Crippen molar-refractivity contribution in [2.24, 2.45) is 0 Å². The number of nitrogens with one attached hydrogen (secondary N) is 1. The highest BCUT2D eigenvalue weighted by Gasteiger charge is 2.05. The Labute approximate surface area is 114 Å². The summed E-state index contributed by atoms with van der Waals surface area (Å²) in [5.74, 6) is 1.76. The summed E-state index contributed by atoms with van der Waals surface area (Å²) >= 11 is 0. The van der Waals surface area contributed by atoms with Crippen molar-refractivity contribution in [3.05, 3.63) is 48.5 Å². The van der Waals surface area contributed by atoms with Crippen molar-refractivity contribution in [2.75, 3.05) is 21.3 Å². The van der Waals surface area contributed by atoms with E-state index in [1.54, 1.807) is 14.2 Å². The van der Waals surface area contributed by atoms with Gasteiger partial charge in [0.15, 0.2) is 0 Å². The van der Waals surface area contributed by atoms with E-state index in [0.717, 1.165) is 11.5 Å². The maximum absolute atomic E-state index is 5.19. The number of rotatable bonds is 5. The zero-order valence-corrected chi connectivity index (χ0v) is 11.6. The van der Waals surface area contributed by atoms with Gasteiger partial charge in [-0.1, -0.05) is 31.3 Å². The number of hydrogen-bond donors (Lipinski definition) is 1. The van der Waals surface area contributed by atoms with Gasteiger partial charge in [0, 0.05) is 0 Å². The van der Waals surface area contributed by atoms with E-state index in [0.29, 0.717) is 0 Å². The predicted molar refractivity (Wildman–Crippen MR) is 81.5 cm³/mol. The van der Waals surface area contributed by atoms with Gasteiger partial charge in [-0.2, -0.15) is 10.9 Å². The third kappa shape index (κ3) is 3.09. The summed E-state index contributed by atoms with van der Waals surface area (Å²) < 4.78 is 10.4. The van der Waals surface area contributed by atoms with Crippen LogP contribution in [-0.4, -0.2) is 28.1 Å². The van der Waals surface area contributed by atoms with E-state index in [1.807, 2.05) is 31.3 Å². The third-order valence-corrected chi connectivity index (χ3v) is 3.49. The maximum Gasteiger partial charge on any atom is 0.118 e. The highest BCUT2D eigenvalue weighted by atomic mass is 16.5. The van der Waals surface area contributed by atoms with E-state index in [1.165, 1.54) is 10.9 Å². The Morgan fingerprint density at radius 3 is 1.37 bits per heavy atom. The van der Waals surface area contributed by atoms with Crippen LogP contribution in [0.3, 0.4) is 0 Å². The second-order valence-corrected chi connectivity index (χ2v) is 4.58. The van der Waals surface area contributed by atoms with Crippen LogP contribution in [0, 0.1) is 0 Å². The van der Waals surface area contributed by atoms with E-state index in [2.05, 4.69) is 29.5 Å². The minimum atomic E-state index is -0.747. The van der Waals surface area contributed by atoms with Gasteiger partial charge in [0.2, 0.25) is 0 Å². The maximum atomic E-state index is 5.19. The van der Waals surface area contributed by atoms with Crippen LogP contribution in [0.15, 0.2) is 48.5 Å². The molecule has 0 heterocycles. The van der Waals surface area contributed by atoms with Gasteiger partial charge in [-0.3, -0.25) is 0 Å². The van der Waals surface area contributed by atoms with Crippen LogP contribution >= 0.6 is 0 Å². The van der Waals surface area contributed by atoms with Gasteiger partial charge >= 0.3 is 0 Å². The van der Waals surface area contributed by atoms with Crippen molar-refractivity contribution in [3.8, 4) is 11.5 Å². The first-order chi connectivity index (χ1) is 9.28. The lowest BCUT2D eigenvalue weighted by Crippen LogP contribution is -2.52. The van der Waals surface area contributed by atoms with Gasteiger partial charge < -0.3 is 14.7 Å². The largest absolute Gasteiger partial charge is 0.497 e. The van der Waals surface area contributed by atoms with Crippen molar-refractivity contribution >= 4 is 17.8 Å². The molecular weight excluding hydrogens is 237 g/mol. The Bertz CT molecular complexity index is 463. The molecule has 100 valence electrons. The van der Waals surface area contributed by atoms with Crippen LogP contribution in [0.1, 0.15) is 0 Å². The lowest BCUT2D eigenvalue weighted by atomic mass is 9.51. The van der Waals surface area contributed by atoms with Crippen LogP contribution in [0.2, 0.25) is 0 Å². The molecule has 0 amide bonds. The normalized spacial score (nSPS) is 10.5. The molecule has 0 unspecified atom stereocenters. The molecule has 3 nitrogen and oxygen atoms in total. The molecule has 0 fully saturated rings. The molecular formula is C15H19BNO2-. The second kappa shape index (κ2) is 6.30. The molecule has 19 heavy (non-hydrogen) atoms. The van der Waals surface area contributed by atoms with E-state index in [9.17, 15) is 0 Å². The molecule has 0 aliphatic rings. The number of methoxy groups -OCH3 is 2. The van der Waals surface area contributed by atoms with Gasteiger partial charge in [-0.05, 0) is 24.3 Å². The van der Waals surface area contributed by atoms with Crippen LogP contribution in [-0.2, 0) is 0 Å². The number of hydrogen-bond acceptors (Lipinski definition) is 3. The van der Waals surface area contributed by atoms with Gasteiger partial charge in [0.25, 0.3) is 0 Å². The zero-order chi connectivity index (χ0) is 13.7. The molecule has 2 aromatic carbocycles. The van der Waals surface area contributed by atoms with E-state index < -0.39 is 6.85 Å². The van der Waals surface area contributed by atoms with Crippen LogP contribution in [0.5, 0.6) is 11.5 Å². The zero-order valence-electron chi connectivity index (χ0n) is 11.6. The molecule has 0 saturated heterocycles. The Balaban J connectivity index is 2.26. The van der Waals surface area contributed by atoms with Crippen molar-refractivity contribution in [3.63, 3.8) is 0 Å². The summed E-state index contributed by atoms with van der Waals surface area (Å²) in [6, 6.07) is 16.4. The second-order valence-electron chi connectivity index (χ2n) is 4.58. The third-order valence-electron chi connectivity index (χ3n) is 3.49. The molecule has 0 aliphatic heterocycles. The summed E-state index contributed by atoms with van der Waals surface area (Å²) in [5, 5.41) is 3.41. The Hall–Kier alpha value is -1.94. The molecule has 0 saturated carbocycles. The fraction of sp³-hybridized carbons (Fsp3) is 0.200. The average molecular weight is 256 g/mol. The fourth-order valence-electron chi connectivity index (χ4n) is 2.37. The van der Waals surface area contributed by atoms with Gasteiger partial charge in [0.1, 0.15) is 11.5 Å². The van der Waals surface area contributed by atoms with Gasteiger partial charge in [0.05, 0.1) is 21.1 Å². The summed E-state index contributed by atoms with van der Waals surface area (Å²) in [6.45, 7) is -0.747. The quantitative estimate of drug-likeness (QED) is 0.801. The van der Waals surface area contributed by atoms with Crippen molar-refractivity contribution in [1.82, 2.24) is 5.23 Å². The molecule has 0 bridgehead atoms. The number of ether oxygens (including phenoxy) is 2. The monoisotopic (exact) mass is 256 g/mol. The average Bonchev–Trinajstić information content (AvgIpc) is 2.49. The summed E-state index contributed by atoms with van der Waals surface area (Å²) in [7, 11) is 5.36. The van der Waals surface area contributed by atoms with E-state index in [-0.39, 0.29) is 0 Å². The first kappa shape index (κ1) is 13.5. The Morgan fingerprint density at radius 2 is 1.11 bits per heavy atom. The lowest BCUT2D eigenvalue weighted by Gasteiger charge is -2.25. The molecule has 2 aromatic rings. The van der Waals surface area contributed by atoms with E-state index >= 15 is 0 Å². The van der Waals surface area contributed by atoms with Crippen molar-refractivity contribution in [2.45, 2.75) is 0 Å².